The minimum atomic E-state index is -0.202. The maximum atomic E-state index is 12.5. The molecule has 154 valence electrons. The molecule has 0 saturated heterocycles. The highest BCUT2D eigenvalue weighted by atomic mass is 32.1. The smallest absolute Gasteiger partial charge is 0.233 e. The lowest BCUT2D eigenvalue weighted by Gasteiger charge is -2.20. The Labute approximate surface area is 179 Å². The zero-order valence-corrected chi connectivity index (χ0v) is 17.9. The lowest BCUT2D eigenvalue weighted by Crippen LogP contribution is -2.14. The Bertz CT molecular complexity index is 1110. The van der Waals surface area contributed by atoms with Crippen molar-refractivity contribution < 1.29 is 9.90 Å². The van der Waals surface area contributed by atoms with Gasteiger partial charge in [0.2, 0.25) is 16.9 Å². The van der Waals surface area contributed by atoms with Gasteiger partial charge in [-0.25, -0.2) is 0 Å². The van der Waals surface area contributed by atoms with E-state index in [0.717, 1.165) is 36.1 Å². The summed E-state index contributed by atoms with van der Waals surface area (Å²) >= 11 is 1.19. The van der Waals surface area contributed by atoms with Crippen LogP contribution in [0.2, 0.25) is 0 Å². The van der Waals surface area contributed by atoms with Crippen molar-refractivity contribution in [3.05, 3.63) is 69.6 Å². The first-order valence-corrected chi connectivity index (χ1v) is 10.9. The van der Waals surface area contributed by atoms with Gasteiger partial charge in [0, 0.05) is 5.69 Å². The third-order valence-electron chi connectivity index (χ3n) is 5.49. The summed E-state index contributed by atoms with van der Waals surface area (Å²) in [6.07, 6.45) is 3.13. The molecule has 1 unspecified atom stereocenters. The summed E-state index contributed by atoms with van der Waals surface area (Å²) in [6, 6.07) is 14.1. The number of anilines is 1. The maximum absolute atomic E-state index is 12.5. The van der Waals surface area contributed by atoms with E-state index in [1.54, 1.807) is 0 Å². The lowest BCUT2D eigenvalue weighted by molar-refractivity contribution is -0.115. The van der Waals surface area contributed by atoms with Crippen LogP contribution in [0.5, 0.6) is 5.88 Å². The summed E-state index contributed by atoms with van der Waals surface area (Å²) < 4.78 is 0. The Kier molecular flexibility index (Phi) is 5.90. The van der Waals surface area contributed by atoms with Gasteiger partial charge in [-0.2, -0.15) is 10.1 Å². The second kappa shape index (κ2) is 8.75. The molecule has 3 aromatic rings. The molecule has 1 aliphatic carbocycles. The number of rotatable bonds is 5. The number of nitrogens with one attached hydrogen (secondary N) is 1. The number of azo groups is 1. The number of carbonyl (C=O) groups excluding carboxylic acids is 1. The van der Waals surface area contributed by atoms with Crippen molar-refractivity contribution >= 4 is 28.1 Å². The van der Waals surface area contributed by atoms with E-state index in [2.05, 4.69) is 32.7 Å². The number of fused-ring (bicyclic) bond motifs is 1. The summed E-state index contributed by atoms with van der Waals surface area (Å²) in [7, 11) is 0. The van der Waals surface area contributed by atoms with E-state index in [1.807, 2.05) is 44.2 Å². The second-order valence-corrected chi connectivity index (χ2v) is 8.60. The lowest BCUT2D eigenvalue weighted by atomic mass is 9.88. The molecule has 4 rings (SSSR count). The Morgan fingerprint density at radius 3 is 2.93 bits per heavy atom. The SMILES string of the molecule is Cc1cccc(NC(=O)Cc2sc(N=NC3CCCc4ccccc43)nc2O)c1C. The fourth-order valence-corrected chi connectivity index (χ4v) is 4.46. The first-order valence-electron chi connectivity index (χ1n) is 10.0. The van der Waals surface area contributed by atoms with Crippen LogP contribution in [0.25, 0.3) is 0 Å². The number of benzene rings is 2. The fraction of sp³-hybridized carbons (Fsp3) is 0.304. The summed E-state index contributed by atoms with van der Waals surface area (Å²) in [6.45, 7) is 3.97. The first-order chi connectivity index (χ1) is 14.5. The minimum Gasteiger partial charge on any atom is -0.492 e. The Balaban J connectivity index is 1.44. The molecule has 6 nitrogen and oxygen atoms in total. The van der Waals surface area contributed by atoms with Gasteiger partial charge in [-0.15, -0.1) is 5.11 Å². The van der Waals surface area contributed by atoms with Crippen molar-refractivity contribution in [3.63, 3.8) is 0 Å². The van der Waals surface area contributed by atoms with Crippen LogP contribution in [-0.4, -0.2) is 16.0 Å². The van der Waals surface area contributed by atoms with Gasteiger partial charge in [0.1, 0.15) is 0 Å². The van der Waals surface area contributed by atoms with Gasteiger partial charge < -0.3 is 10.4 Å². The summed E-state index contributed by atoms with van der Waals surface area (Å²) in [4.78, 5) is 17.0. The highest BCUT2D eigenvalue weighted by Gasteiger charge is 2.20. The third kappa shape index (κ3) is 4.41. The van der Waals surface area contributed by atoms with E-state index in [4.69, 9.17) is 0 Å². The minimum absolute atomic E-state index is 0.0111. The van der Waals surface area contributed by atoms with Crippen molar-refractivity contribution in [2.24, 2.45) is 10.2 Å². The van der Waals surface area contributed by atoms with Gasteiger partial charge in [-0.3, -0.25) is 4.79 Å². The number of aromatic hydroxyl groups is 1. The van der Waals surface area contributed by atoms with Crippen LogP contribution in [-0.2, 0) is 17.6 Å². The number of hydrogen-bond acceptors (Lipinski definition) is 6. The Hall–Kier alpha value is -3.06. The van der Waals surface area contributed by atoms with Crippen molar-refractivity contribution in [1.82, 2.24) is 4.98 Å². The normalized spacial score (nSPS) is 15.9. The molecule has 7 heteroatoms. The van der Waals surface area contributed by atoms with Crippen LogP contribution >= 0.6 is 11.3 Å². The molecule has 0 aliphatic heterocycles. The summed E-state index contributed by atoms with van der Waals surface area (Å²) in [5, 5.41) is 22.2. The van der Waals surface area contributed by atoms with Crippen LogP contribution in [0.1, 0.15) is 46.0 Å². The van der Waals surface area contributed by atoms with Gasteiger partial charge in [0.15, 0.2) is 0 Å². The topological polar surface area (TPSA) is 86.9 Å². The maximum Gasteiger partial charge on any atom is 0.233 e. The molecule has 1 heterocycles. The fourth-order valence-electron chi connectivity index (χ4n) is 3.68. The Morgan fingerprint density at radius 2 is 2.07 bits per heavy atom. The zero-order chi connectivity index (χ0) is 21.1. The van der Waals surface area contributed by atoms with Crippen LogP contribution in [0, 0.1) is 13.8 Å². The molecule has 0 fully saturated rings. The van der Waals surface area contributed by atoms with Gasteiger partial charge >= 0.3 is 0 Å². The van der Waals surface area contributed by atoms with E-state index in [1.165, 1.54) is 22.5 Å². The van der Waals surface area contributed by atoms with E-state index >= 15 is 0 Å². The zero-order valence-electron chi connectivity index (χ0n) is 17.1. The average molecular weight is 421 g/mol. The van der Waals surface area contributed by atoms with Gasteiger partial charge in [-0.1, -0.05) is 47.7 Å². The number of aromatic nitrogens is 1. The number of thiazole rings is 1. The van der Waals surface area contributed by atoms with E-state index in [-0.39, 0.29) is 24.2 Å². The van der Waals surface area contributed by atoms with Crippen molar-refractivity contribution in [2.75, 3.05) is 5.32 Å². The predicted molar refractivity (Wildman–Crippen MR) is 119 cm³/mol. The summed E-state index contributed by atoms with van der Waals surface area (Å²) in [5.41, 5.74) is 5.45. The molecule has 0 saturated carbocycles. The molecule has 1 aliphatic rings. The summed E-state index contributed by atoms with van der Waals surface area (Å²) in [5.74, 6) is -0.360. The van der Waals surface area contributed by atoms with E-state index in [9.17, 15) is 9.90 Å². The quantitative estimate of drug-likeness (QED) is 0.511. The molecule has 0 radical (unpaired) electrons. The van der Waals surface area contributed by atoms with E-state index in [0.29, 0.717) is 10.0 Å². The number of aryl methyl sites for hydroxylation is 2. The number of nitrogens with zero attached hydrogens (tertiary/aromatic N) is 3. The molecule has 1 atom stereocenters. The molecule has 0 spiro atoms. The predicted octanol–water partition coefficient (Wildman–Crippen LogP) is 5.81. The third-order valence-corrected chi connectivity index (χ3v) is 6.41. The molecule has 2 N–H and O–H groups in total. The van der Waals surface area contributed by atoms with Crippen LogP contribution in [0.3, 0.4) is 0 Å². The van der Waals surface area contributed by atoms with Crippen LogP contribution in [0.15, 0.2) is 52.7 Å². The van der Waals surface area contributed by atoms with Gasteiger partial charge in [0.05, 0.1) is 17.3 Å². The average Bonchev–Trinajstić information content (AvgIpc) is 3.09. The number of hydrogen-bond donors (Lipinski definition) is 2. The number of amides is 1. The Morgan fingerprint density at radius 1 is 1.23 bits per heavy atom. The molecule has 0 bridgehead atoms. The molecule has 30 heavy (non-hydrogen) atoms. The highest BCUT2D eigenvalue weighted by molar-refractivity contribution is 7.15. The number of carbonyl (C=O) groups is 1. The molecular formula is C23H24N4O2S. The second-order valence-electron chi connectivity index (χ2n) is 7.54. The monoisotopic (exact) mass is 420 g/mol. The molecule has 1 aromatic heterocycles. The van der Waals surface area contributed by atoms with Crippen molar-refractivity contribution in [2.45, 2.75) is 45.6 Å². The van der Waals surface area contributed by atoms with E-state index < -0.39 is 0 Å². The van der Waals surface area contributed by atoms with Gasteiger partial charge in [0.25, 0.3) is 0 Å². The molecular weight excluding hydrogens is 396 g/mol. The first kappa shape index (κ1) is 20.2. The molecule has 2 aromatic carbocycles. The standard InChI is InChI=1S/C23H24N4O2S/c1-14-7-5-11-18(15(14)2)24-21(28)13-20-22(29)25-23(30-20)27-26-19-12-6-9-16-8-3-4-10-17(16)19/h3-5,7-8,10-11,19,29H,6,9,12-13H2,1-2H3,(H,24,28). The molecule has 1 amide bonds. The largest absolute Gasteiger partial charge is 0.492 e. The van der Waals surface area contributed by atoms with Crippen LogP contribution < -0.4 is 5.32 Å². The van der Waals surface area contributed by atoms with Crippen LogP contribution in [0.4, 0.5) is 10.8 Å². The van der Waals surface area contributed by atoms with Gasteiger partial charge in [-0.05, 0) is 61.4 Å². The van der Waals surface area contributed by atoms with Crippen molar-refractivity contribution in [3.8, 4) is 5.88 Å². The van der Waals surface area contributed by atoms with Crippen molar-refractivity contribution in [1.29, 1.82) is 0 Å². The highest BCUT2D eigenvalue weighted by Crippen LogP contribution is 2.36.